The molecule has 0 aliphatic rings. The van der Waals surface area contributed by atoms with Crippen LogP contribution in [-0.2, 0) is 0 Å². The molecule has 12 aromatic rings. The third-order valence-electron chi connectivity index (χ3n) is 11.2. The van der Waals surface area contributed by atoms with E-state index in [1.807, 2.05) is 60.7 Å². The van der Waals surface area contributed by atoms with Crippen LogP contribution in [0, 0.1) is 0 Å². The summed E-state index contributed by atoms with van der Waals surface area (Å²) in [7, 11) is 0. The second-order valence-corrected chi connectivity index (χ2v) is 14.4. The van der Waals surface area contributed by atoms with E-state index >= 15 is 0 Å². The minimum absolute atomic E-state index is 0.596. The molecule has 4 aromatic heterocycles. The van der Waals surface area contributed by atoms with Crippen molar-refractivity contribution in [3.05, 3.63) is 188 Å². The number of benzene rings is 8. The molecular weight excluding hydrogens is 699 g/mol. The predicted molar refractivity (Wildman–Crippen MR) is 232 cm³/mol. The summed E-state index contributed by atoms with van der Waals surface area (Å²) in [6, 6.07) is 65.6. The molecule has 0 amide bonds. The van der Waals surface area contributed by atoms with Gasteiger partial charge >= 0.3 is 0 Å². The zero-order chi connectivity index (χ0) is 37.5. The van der Waals surface area contributed by atoms with Crippen molar-refractivity contribution in [3.63, 3.8) is 0 Å². The van der Waals surface area contributed by atoms with Gasteiger partial charge in [0.15, 0.2) is 17.5 Å². The zero-order valence-corrected chi connectivity index (χ0v) is 30.5. The highest BCUT2D eigenvalue weighted by Gasteiger charge is 2.22. The lowest BCUT2D eigenvalue weighted by molar-refractivity contribution is 0.669. The van der Waals surface area contributed by atoms with Gasteiger partial charge in [0.25, 0.3) is 0 Å². The van der Waals surface area contributed by atoms with Crippen molar-refractivity contribution in [3.8, 4) is 45.5 Å². The second kappa shape index (κ2) is 12.3. The Balaban J connectivity index is 1.08. The van der Waals surface area contributed by atoms with Crippen LogP contribution in [0.3, 0.4) is 0 Å². The molecule has 0 atom stereocenters. The quantitative estimate of drug-likeness (QED) is 0.177. The molecule has 0 bridgehead atoms. The van der Waals surface area contributed by atoms with Crippen molar-refractivity contribution in [1.29, 1.82) is 0 Å². The van der Waals surface area contributed by atoms with Crippen molar-refractivity contribution in [1.82, 2.24) is 24.1 Å². The van der Waals surface area contributed by atoms with Crippen LogP contribution < -0.4 is 0 Å². The Morgan fingerprint density at radius 3 is 1.47 bits per heavy atom. The first-order valence-corrected chi connectivity index (χ1v) is 19.1. The monoisotopic (exact) mass is 729 g/mol. The van der Waals surface area contributed by atoms with Gasteiger partial charge in [-0.1, -0.05) is 127 Å². The Kier molecular flexibility index (Phi) is 6.83. The van der Waals surface area contributed by atoms with Gasteiger partial charge in [-0.2, -0.15) is 0 Å². The Morgan fingerprint density at radius 2 is 0.825 bits per heavy atom. The summed E-state index contributed by atoms with van der Waals surface area (Å²) in [6.07, 6.45) is 0. The maximum atomic E-state index is 6.26. The van der Waals surface area contributed by atoms with Crippen LogP contribution in [0.1, 0.15) is 0 Å². The lowest BCUT2D eigenvalue weighted by atomic mass is 10.1. The van der Waals surface area contributed by atoms with Gasteiger partial charge in [-0.3, -0.25) is 0 Å². The van der Waals surface area contributed by atoms with Crippen LogP contribution >= 0.6 is 0 Å². The molecule has 6 heteroatoms. The van der Waals surface area contributed by atoms with Crippen LogP contribution in [0.15, 0.2) is 192 Å². The highest BCUT2D eigenvalue weighted by molar-refractivity contribution is 6.23. The van der Waals surface area contributed by atoms with Gasteiger partial charge in [-0.25, -0.2) is 15.0 Å². The van der Waals surface area contributed by atoms with E-state index in [2.05, 4.69) is 137 Å². The number of para-hydroxylation sites is 4. The molecule has 0 unspecified atom stereocenters. The first-order valence-electron chi connectivity index (χ1n) is 19.1. The van der Waals surface area contributed by atoms with Crippen LogP contribution in [0.2, 0.25) is 0 Å². The minimum Gasteiger partial charge on any atom is -0.456 e. The molecule has 4 heterocycles. The molecule has 0 aliphatic carbocycles. The summed E-state index contributed by atoms with van der Waals surface area (Å²) in [4.78, 5) is 15.3. The van der Waals surface area contributed by atoms with Gasteiger partial charge < -0.3 is 13.6 Å². The smallest absolute Gasteiger partial charge is 0.164 e. The van der Waals surface area contributed by atoms with Crippen molar-refractivity contribution in [2.45, 2.75) is 0 Å². The fourth-order valence-corrected chi connectivity index (χ4v) is 8.68. The molecule has 0 saturated carbocycles. The number of hydrogen-bond donors (Lipinski definition) is 0. The van der Waals surface area contributed by atoms with E-state index in [0.717, 1.165) is 61.0 Å². The third kappa shape index (κ3) is 4.81. The molecule has 0 saturated heterocycles. The van der Waals surface area contributed by atoms with Crippen molar-refractivity contribution in [2.24, 2.45) is 0 Å². The van der Waals surface area contributed by atoms with Gasteiger partial charge in [0.2, 0.25) is 0 Å². The van der Waals surface area contributed by atoms with Crippen molar-refractivity contribution in [2.75, 3.05) is 0 Å². The highest BCUT2D eigenvalue weighted by Crippen LogP contribution is 2.42. The maximum absolute atomic E-state index is 6.26. The number of fused-ring (bicyclic) bond motifs is 10. The lowest BCUT2D eigenvalue weighted by Crippen LogP contribution is -2.01. The lowest BCUT2D eigenvalue weighted by Gasteiger charge is -2.13. The van der Waals surface area contributed by atoms with Crippen LogP contribution in [0.25, 0.3) is 111 Å². The van der Waals surface area contributed by atoms with Crippen molar-refractivity contribution < 1.29 is 4.42 Å². The SMILES string of the molecule is c1ccc(-c2nc(-c3ccc(-n4c5ccccc5c5ccc6c7ccccc7n(-c7ccccc7)c6c54)cc3)nc(-c3cccc4oc5ccccc5c34)n2)cc1. The van der Waals surface area contributed by atoms with E-state index in [9.17, 15) is 0 Å². The summed E-state index contributed by atoms with van der Waals surface area (Å²) in [5.74, 6) is 1.81. The Bertz CT molecular complexity index is 3510. The maximum Gasteiger partial charge on any atom is 0.164 e. The summed E-state index contributed by atoms with van der Waals surface area (Å²) in [5, 5.41) is 6.88. The van der Waals surface area contributed by atoms with E-state index in [1.54, 1.807) is 0 Å². The Morgan fingerprint density at radius 1 is 0.333 bits per heavy atom. The summed E-state index contributed by atoms with van der Waals surface area (Å²) < 4.78 is 11.1. The van der Waals surface area contributed by atoms with E-state index < -0.39 is 0 Å². The van der Waals surface area contributed by atoms with E-state index in [-0.39, 0.29) is 0 Å². The largest absolute Gasteiger partial charge is 0.456 e. The Hall–Kier alpha value is -7.83. The molecule has 6 nitrogen and oxygen atoms in total. The highest BCUT2D eigenvalue weighted by atomic mass is 16.3. The van der Waals surface area contributed by atoms with Crippen LogP contribution in [0.5, 0.6) is 0 Å². The van der Waals surface area contributed by atoms with Gasteiger partial charge in [0.05, 0.1) is 22.1 Å². The van der Waals surface area contributed by atoms with E-state index in [1.165, 1.54) is 32.6 Å². The fourth-order valence-electron chi connectivity index (χ4n) is 8.68. The molecule has 0 fully saturated rings. The molecule has 12 rings (SSSR count). The van der Waals surface area contributed by atoms with Crippen LogP contribution in [0.4, 0.5) is 0 Å². The number of furan rings is 1. The fraction of sp³-hybridized carbons (Fsp3) is 0. The molecule has 57 heavy (non-hydrogen) atoms. The molecule has 0 spiro atoms. The predicted octanol–water partition coefficient (Wildman–Crippen LogP) is 13.0. The summed E-state index contributed by atoms with van der Waals surface area (Å²) in [5.41, 5.74) is 11.2. The average molecular weight is 730 g/mol. The van der Waals surface area contributed by atoms with Crippen LogP contribution in [-0.4, -0.2) is 24.1 Å². The normalized spacial score (nSPS) is 11.9. The van der Waals surface area contributed by atoms with Crippen molar-refractivity contribution >= 4 is 65.6 Å². The van der Waals surface area contributed by atoms with Gasteiger partial charge in [0, 0.05) is 60.4 Å². The second-order valence-electron chi connectivity index (χ2n) is 14.4. The van der Waals surface area contributed by atoms with Gasteiger partial charge in [-0.05, 0) is 60.7 Å². The summed E-state index contributed by atoms with van der Waals surface area (Å²) >= 11 is 0. The number of nitrogens with zero attached hydrogens (tertiary/aromatic N) is 5. The molecule has 266 valence electrons. The first kappa shape index (κ1) is 31.5. The van der Waals surface area contributed by atoms with E-state index in [4.69, 9.17) is 19.4 Å². The number of rotatable bonds is 5. The first-order chi connectivity index (χ1) is 28.3. The third-order valence-corrected chi connectivity index (χ3v) is 11.2. The molecular formula is C51H31N5O. The molecule has 0 aliphatic heterocycles. The average Bonchev–Trinajstić information content (AvgIpc) is 3.95. The summed E-state index contributed by atoms with van der Waals surface area (Å²) in [6.45, 7) is 0. The van der Waals surface area contributed by atoms with Gasteiger partial charge in [0.1, 0.15) is 11.2 Å². The molecule has 8 aromatic carbocycles. The molecule has 0 N–H and O–H groups in total. The van der Waals surface area contributed by atoms with Gasteiger partial charge in [-0.15, -0.1) is 0 Å². The molecule has 0 radical (unpaired) electrons. The zero-order valence-electron chi connectivity index (χ0n) is 30.5. The van der Waals surface area contributed by atoms with E-state index in [0.29, 0.717) is 17.5 Å². The number of hydrogen-bond acceptors (Lipinski definition) is 4. The minimum atomic E-state index is 0.596. The Labute approximate surface area is 326 Å². The number of aromatic nitrogens is 5. The topological polar surface area (TPSA) is 61.7 Å². The standard InChI is InChI=1S/C51H31N5O/c1-3-14-32(15-4-1)49-52-50(54-51(53-49)41-21-13-25-45-46(41)40-20-9-12-24-44(40)57-45)33-26-28-35(29-27-33)56-43-23-11-8-19-37(43)39-31-30-38-36-18-7-10-22-42(36)55(47(38)48(39)56)34-16-5-2-6-17-34/h1-31H.